The number of hydrogen-bond acceptors (Lipinski definition) is 1. The van der Waals surface area contributed by atoms with Crippen molar-refractivity contribution in [3.63, 3.8) is 0 Å². The molecule has 2 aromatic rings. The second-order valence-electron chi connectivity index (χ2n) is 6.12. The molecular weight excluding hydrogens is 310 g/mol. The third kappa shape index (κ3) is 3.72. The second-order valence-corrected chi connectivity index (χ2v) is 6.12. The Morgan fingerprint density at radius 3 is 2.62 bits per heavy atom. The van der Waals surface area contributed by atoms with E-state index in [2.05, 4.69) is 5.32 Å². The van der Waals surface area contributed by atoms with E-state index in [4.69, 9.17) is 0 Å². The molecule has 1 atom stereocenters. The van der Waals surface area contributed by atoms with Crippen LogP contribution in [0.25, 0.3) is 0 Å². The summed E-state index contributed by atoms with van der Waals surface area (Å²) >= 11 is 0. The topological polar surface area (TPSA) is 32.3 Å². The predicted octanol–water partition coefficient (Wildman–Crippen LogP) is 4.40. The Bertz CT molecular complexity index is 731. The Labute approximate surface area is 140 Å². The third-order valence-electron chi connectivity index (χ3n) is 4.28. The van der Waals surface area contributed by atoms with E-state index in [9.17, 15) is 13.6 Å². The monoisotopic (exact) mass is 330 g/mol. The van der Waals surface area contributed by atoms with Gasteiger partial charge in [0.1, 0.15) is 11.6 Å². The number of carbonyl (C=O) groups excluding carboxylic acids is 1. The van der Waals surface area contributed by atoms with Crippen LogP contribution in [0.4, 0.5) is 13.6 Å². The number of carbonyl (C=O) groups is 1. The molecule has 2 aromatic carbocycles. The minimum atomic E-state index is -0.355. The van der Waals surface area contributed by atoms with Crippen LogP contribution < -0.4 is 5.32 Å². The van der Waals surface area contributed by atoms with Crippen molar-refractivity contribution in [2.75, 3.05) is 0 Å². The molecule has 0 radical (unpaired) electrons. The zero-order valence-corrected chi connectivity index (χ0v) is 13.5. The average Bonchev–Trinajstić information content (AvgIpc) is 3.38. The van der Waals surface area contributed by atoms with Gasteiger partial charge in [-0.1, -0.05) is 30.3 Å². The number of hydrogen-bond donors (Lipinski definition) is 1. The normalized spacial score (nSPS) is 15.0. The highest BCUT2D eigenvalue weighted by Gasteiger charge is 2.36. The quantitative estimate of drug-likeness (QED) is 0.866. The second kappa shape index (κ2) is 6.99. The molecule has 1 N–H and O–H groups in total. The Hall–Kier alpha value is -2.43. The zero-order chi connectivity index (χ0) is 17.1. The maximum Gasteiger partial charge on any atom is 0.318 e. The van der Waals surface area contributed by atoms with E-state index in [0.717, 1.165) is 12.8 Å². The molecule has 0 bridgehead atoms. The van der Waals surface area contributed by atoms with Crippen LogP contribution in [0.1, 0.15) is 36.9 Å². The maximum absolute atomic E-state index is 14.0. The molecule has 2 amide bonds. The summed E-state index contributed by atoms with van der Waals surface area (Å²) in [5.74, 6) is -0.644. The highest BCUT2D eigenvalue weighted by atomic mass is 19.1. The Balaban J connectivity index is 1.71. The van der Waals surface area contributed by atoms with Crippen molar-refractivity contribution in [1.29, 1.82) is 0 Å². The van der Waals surface area contributed by atoms with Gasteiger partial charge in [-0.2, -0.15) is 0 Å². The summed E-state index contributed by atoms with van der Waals surface area (Å²) in [5.41, 5.74) is 1.20. The molecule has 0 heterocycles. The lowest BCUT2D eigenvalue weighted by molar-refractivity contribution is 0.173. The largest absolute Gasteiger partial charge is 0.334 e. The van der Waals surface area contributed by atoms with Gasteiger partial charge in [0.25, 0.3) is 0 Å². The van der Waals surface area contributed by atoms with Crippen LogP contribution in [0, 0.1) is 11.6 Å². The molecule has 0 saturated heterocycles. The summed E-state index contributed by atoms with van der Waals surface area (Å²) in [4.78, 5) is 14.3. The van der Waals surface area contributed by atoms with E-state index < -0.39 is 0 Å². The van der Waals surface area contributed by atoms with Crippen LogP contribution in [0.15, 0.2) is 48.5 Å². The maximum atomic E-state index is 14.0. The van der Waals surface area contributed by atoms with Crippen LogP contribution >= 0.6 is 0 Å². The standard InChI is InChI=1S/C19H20F2N2O/c1-13(17-7-2-3-8-18(17)21)23(16-9-10-16)19(24)22-12-14-5-4-6-15(20)11-14/h2-8,11,13,16H,9-10,12H2,1H3,(H,22,24)/t13-/m1/s1. The Morgan fingerprint density at radius 2 is 1.96 bits per heavy atom. The number of rotatable bonds is 5. The fraction of sp³-hybridized carbons (Fsp3) is 0.316. The van der Waals surface area contributed by atoms with Gasteiger partial charge in [0.2, 0.25) is 0 Å². The van der Waals surface area contributed by atoms with Gasteiger partial charge >= 0.3 is 6.03 Å². The van der Waals surface area contributed by atoms with Gasteiger partial charge in [-0.3, -0.25) is 0 Å². The minimum Gasteiger partial charge on any atom is -0.334 e. The third-order valence-corrected chi connectivity index (χ3v) is 4.28. The van der Waals surface area contributed by atoms with Crippen molar-refractivity contribution < 1.29 is 13.6 Å². The molecule has 24 heavy (non-hydrogen) atoms. The Kier molecular flexibility index (Phi) is 4.79. The highest BCUT2D eigenvalue weighted by molar-refractivity contribution is 5.75. The van der Waals surface area contributed by atoms with Crippen LogP contribution in [0.5, 0.6) is 0 Å². The van der Waals surface area contributed by atoms with Crippen molar-refractivity contribution in [1.82, 2.24) is 10.2 Å². The van der Waals surface area contributed by atoms with Crippen molar-refractivity contribution in [3.05, 3.63) is 71.3 Å². The number of urea groups is 1. The van der Waals surface area contributed by atoms with E-state index in [1.54, 1.807) is 35.2 Å². The summed E-state index contributed by atoms with van der Waals surface area (Å²) in [5, 5.41) is 2.82. The molecule has 1 fully saturated rings. The van der Waals surface area contributed by atoms with E-state index in [0.29, 0.717) is 11.1 Å². The van der Waals surface area contributed by atoms with E-state index in [1.807, 2.05) is 6.92 Å². The summed E-state index contributed by atoms with van der Waals surface area (Å²) in [6.07, 6.45) is 1.85. The van der Waals surface area contributed by atoms with Crippen molar-refractivity contribution in [2.45, 2.75) is 38.4 Å². The first-order chi connectivity index (χ1) is 11.6. The highest BCUT2D eigenvalue weighted by Crippen LogP contribution is 2.35. The number of amides is 2. The minimum absolute atomic E-state index is 0.132. The summed E-state index contributed by atoms with van der Waals surface area (Å²) in [7, 11) is 0. The van der Waals surface area contributed by atoms with Gasteiger partial charge in [0, 0.05) is 18.2 Å². The number of nitrogens with zero attached hydrogens (tertiary/aromatic N) is 1. The van der Waals surface area contributed by atoms with Gasteiger partial charge in [0.05, 0.1) is 6.04 Å². The summed E-state index contributed by atoms with van der Waals surface area (Å²) in [6.45, 7) is 2.07. The molecule has 5 heteroatoms. The number of halogens is 2. The number of nitrogens with one attached hydrogen (secondary N) is 1. The predicted molar refractivity (Wildman–Crippen MR) is 88.3 cm³/mol. The van der Waals surface area contributed by atoms with Crippen molar-refractivity contribution >= 4 is 6.03 Å². The first kappa shape index (κ1) is 16.4. The lowest BCUT2D eigenvalue weighted by atomic mass is 10.1. The molecule has 1 saturated carbocycles. The summed E-state index contributed by atoms with van der Waals surface area (Å²) < 4.78 is 27.3. The van der Waals surface area contributed by atoms with Gasteiger partial charge in [-0.15, -0.1) is 0 Å². The van der Waals surface area contributed by atoms with Gasteiger partial charge in [-0.05, 0) is 43.5 Å². The van der Waals surface area contributed by atoms with E-state index >= 15 is 0 Å². The lowest BCUT2D eigenvalue weighted by Crippen LogP contribution is -2.42. The van der Waals surface area contributed by atoms with Crippen LogP contribution in [0.2, 0.25) is 0 Å². The fourth-order valence-corrected chi connectivity index (χ4v) is 2.89. The molecule has 126 valence electrons. The SMILES string of the molecule is C[C@H](c1ccccc1F)N(C(=O)NCc1cccc(F)c1)C1CC1. The molecular formula is C19H20F2N2O. The first-order valence-electron chi connectivity index (χ1n) is 8.11. The van der Waals surface area contributed by atoms with Crippen molar-refractivity contribution in [2.24, 2.45) is 0 Å². The smallest absolute Gasteiger partial charge is 0.318 e. The molecule has 3 rings (SSSR count). The van der Waals surface area contributed by atoms with Crippen molar-refractivity contribution in [3.8, 4) is 0 Å². The first-order valence-corrected chi connectivity index (χ1v) is 8.11. The average molecular weight is 330 g/mol. The van der Waals surface area contributed by atoms with Gasteiger partial charge in [-0.25, -0.2) is 13.6 Å². The van der Waals surface area contributed by atoms with Crippen LogP contribution in [-0.2, 0) is 6.54 Å². The zero-order valence-electron chi connectivity index (χ0n) is 13.5. The molecule has 1 aliphatic carbocycles. The summed E-state index contributed by atoms with van der Waals surface area (Å²) in [6, 6.07) is 12.2. The van der Waals surface area contributed by atoms with Crippen LogP contribution in [-0.4, -0.2) is 17.0 Å². The lowest BCUT2D eigenvalue weighted by Gasteiger charge is -2.30. The van der Waals surface area contributed by atoms with Gasteiger partial charge in [0.15, 0.2) is 0 Å². The molecule has 3 nitrogen and oxygen atoms in total. The molecule has 0 aromatic heterocycles. The van der Waals surface area contributed by atoms with Gasteiger partial charge < -0.3 is 10.2 Å². The molecule has 1 aliphatic rings. The molecule has 0 aliphatic heterocycles. The Morgan fingerprint density at radius 1 is 1.21 bits per heavy atom. The molecule has 0 unspecified atom stereocenters. The fourth-order valence-electron chi connectivity index (χ4n) is 2.89. The van der Waals surface area contributed by atoms with Crippen LogP contribution in [0.3, 0.4) is 0 Å². The number of benzene rings is 2. The molecule has 0 spiro atoms. The van der Waals surface area contributed by atoms with E-state index in [-0.39, 0.29) is 36.3 Å². The van der Waals surface area contributed by atoms with E-state index in [1.165, 1.54) is 18.2 Å².